The molecule has 0 atom stereocenters. The number of methoxy groups -OCH3 is 1. The highest BCUT2D eigenvalue weighted by molar-refractivity contribution is 5.97. The highest BCUT2D eigenvalue weighted by atomic mass is 16.5. The molecule has 0 aliphatic heterocycles. The number of pyridine rings is 1. The van der Waals surface area contributed by atoms with E-state index in [9.17, 15) is 9.59 Å². The lowest BCUT2D eigenvalue weighted by molar-refractivity contribution is -0.134. The molecule has 22 heavy (non-hydrogen) atoms. The fourth-order valence-corrected chi connectivity index (χ4v) is 2.05. The predicted molar refractivity (Wildman–Crippen MR) is 81.4 cm³/mol. The smallest absolute Gasteiger partial charge is 0.330 e. The van der Waals surface area contributed by atoms with Crippen LogP contribution in [0.1, 0.15) is 22.5 Å². The number of nitrogens with zero attached hydrogens (tertiary/aromatic N) is 3. The fourth-order valence-electron chi connectivity index (χ4n) is 2.05. The van der Waals surface area contributed by atoms with Crippen LogP contribution in [0.25, 0.3) is 11.0 Å². The van der Waals surface area contributed by atoms with Crippen LogP contribution in [-0.4, -0.2) is 40.3 Å². The average molecular weight is 302 g/mol. The largest absolute Gasteiger partial charge is 0.466 e. The summed E-state index contributed by atoms with van der Waals surface area (Å²) in [4.78, 5) is 27.2. The number of aryl methyl sites for hydroxylation is 2. The van der Waals surface area contributed by atoms with E-state index in [1.165, 1.54) is 19.4 Å². The van der Waals surface area contributed by atoms with Gasteiger partial charge in [-0.2, -0.15) is 5.10 Å². The van der Waals surface area contributed by atoms with Crippen LogP contribution in [0.3, 0.4) is 0 Å². The molecule has 0 aliphatic rings. The van der Waals surface area contributed by atoms with Crippen molar-refractivity contribution in [3.8, 4) is 0 Å². The lowest BCUT2D eigenvalue weighted by atomic mass is 10.2. The van der Waals surface area contributed by atoms with Crippen molar-refractivity contribution in [2.45, 2.75) is 13.3 Å². The second kappa shape index (κ2) is 6.84. The molecule has 0 unspecified atom stereocenters. The number of ether oxygens (including phenoxy) is 1. The minimum Gasteiger partial charge on any atom is -0.466 e. The van der Waals surface area contributed by atoms with E-state index in [0.29, 0.717) is 18.5 Å². The number of fused-ring (bicyclic) bond motifs is 1. The summed E-state index contributed by atoms with van der Waals surface area (Å²) in [7, 11) is 3.13. The Labute approximate surface area is 128 Å². The van der Waals surface area contributed by atoms with Crippen molar-refractivity contribution in [1.29, 1.82) is 0 Å². The van der Waals surface area contributed by atoms with Crippen LogP contribution in [0.2, 0.25) is 0 Å². The standard InChI is InChI=1S/C15H18N4O3/c1-10-12-8-11(9-17-14(12)19(2)18-10)15(21)16-7-5-4-6-13(20)22-3/h4,6,8-9H,5,7H2,1-3H3,(H,16,21)/b6-4+. The molecule has 0 aliphatic carbocycles. The van der Waals surface area contributed by atoms with Gasteiger partial charge in [-0.15, -0.1) is 0 Å². The molecule has 1 N–H and O–H groups in total. The minimum atomic E-state index is -0.409. The molecule has 2 heterocycles. The Morgan fingerprint density at radius 3 is 2.95 bits per heavy atom. The average Bonchev–Trinajstić information content (AvgIpc) is 2.80. The Balaban J connectivity index is 1.97. The van der Waals surface area contributed by atoms with Gasteiger partial charge in [0, 0.05) is 31.3 Å². The maximum absolute atomic E-state index is 12.1. The summed E-state index contributed by atoms with van der Waals surface area (Å²) in [6, 6.07) is 1.78. The molecule has 116 valence electrons. The van der Waals surface area contributed by atoms with Crippen LogP contribution in [0, 0.1) is 6.92 Å². The molecular formula is C15H18N4O3. The molecular weight excluding hydrogens is 284 g/mol. The first-order chi connectivity index (χ1) is 10.5. The van der Waals surface area contributed by atoms with E-state index in [2.05, 4.69) is 20.1 Å². The van der Waals surface area contributed by atoms with E-state index in [1.807, 2.05) is 14.0 Å². The Kier molecular flexibility index (Phi) is 4.88. The zero-order valence-electron chi connectivity index (χ0n) is 12.8. The lowest BCUT2D eigenvalue weighted by Crippen LogP contribution is -2.24. The van der Waals surface area contributed by atoms with Crippen molar-refractivity contribution in [1.82, 2.24) is 20.1 Å². The maximum atomic E-state index is 12.1. The molecule has 0 spiro atoms. The zero-order chi connectivity index (χ0) is 16.1. The van der Waals surface area contributed by atoms with E-state index >= 15 is 0 Å². The van der Waals surface area contributed by atoms with Gasteiger partial charge in [0.05, 0.1) is 18.4 Å². The Morgan fingerprint density at radius 1 is 1.45 bits per heavy atom. The highest BCUT2D eigenvalue weighted by Crippen LogP contribution is 2.16. The molecule has 7 heteroatoms. The molecule has 2 aromatic rings. The molecule has 0 saturated heterocycles. The molecule has 0 saturated carbocycles. The molecule has 1 amide bonds. The third kappa shape index (κ3) is 3.49. The number of rotatable bonds is 5. The number of esters is 1. The van der Waals surface area contributed by atoms with Gasteiger partial charge < -0.3 is 10.1 Å². The van der Waals surface area contributed by atoms with Gasteiger partial charge in [0.15, 0.2) is 5.65 Å². The van der Waals surface area contributed by atoms with Crippen molar-refractivity contribution in [2.75, 3.05) is 13.7 Å². The number of carbonyl (C=O) groups is 2. The van der Waals surface area contributed by atoms with Crippen LogP contribution in [0.5, 0.6) is 0 Å². The Bertz CT molecular complexity index is 734. The highest BCUT2D eigenvalue weighted by Gasteiger charge is 2.11. The van der Waals surface area contributed by atoms with Crippen LogP contribution in [-0.2, 0) is 16.6 Å². The number of carbonyl (C=O) groups excluding carboxylic acids is 2. The summed E-state index contributed by atoms with van der Waals surface area (Å²) < 4.78 is 6.16. The summed E-state index contributed by atoms with van der Waals surface area (Å²) in [6.45, 7) is 2.31. The van der Waals surface area contributed by atoms with Crippen LogP contribution in [0.4, 0.5) is 0 Å². The van der Waals surface area contributed by atoms with E-state index in [0.717, 1.165) is 16.7 Å². The van der Waals surface area contributed by atoms with Gasteiger partial charge in [0.25, 0.3) is 5.91 Å². The molecule has 2 rings (SSSR count). The van der Waals surface area contributed by atoms with Gasteiger partial charge >= 0.3 is 5.97 Å². The normalized spacial score (nSPS) is 11.0. The van der Waals surface area contributed by atoms with Crippen LogP contribution in [0.15, 0.2) is 24.4 Å². The first-order valence-corrected chi connectivity index (χ1v) is 6.85. The summed E-state index contributed by atoms with van der Waals surface area (Å²) in [6.07, 6.45) is 5.06. The van der Waals surface area contributed by atoms with Crippen molar-refractivity contribution in [2.24, 2.45) is 7.05 Å². The van der Waals surface area contributed by atoms with Gasteiger partial charge in [-0.05, 0) is 19.4 Å². The number of nitrogens with one attached hydrogen (secondary N) is 1. The SMILES string of the molecule is COC(=O)/C=C/CCNC(=O)c1cnc2c(c1)c(C)nn2C. The molecule has 0 radical (unpaired) electrons. The van der Waals surface area contributed by atoms with Gasteiger partial charge in [-0.25, -0.2) is 9.78 Å². The zero-order valence-corrected chi connectivity index (χ0v) is 12.8. The Morgan fingerprint density at radius 2 is 2.23 bits per heavy atom. The summed E-state index contributed by atoms with van der Waals surface area (Å²) in [5.41, 5.74) is 2.07. The summed E-state index contributed by atoms with van der Waals surface area (Å²) in [5, 5.41) is 7.91. The maximum Gasteiger partial charge on any atom is 0.330 e. The molecule has 0 bridgehead atoms. The number of hydrogen-bond donors (Lipinski definition) is 1. The third-order valence-electron chi connectivity index (χ3n) is 3.18. The van der Waals surface area contributed by atoms with E-state index in [4.69, 9.17) is 0 Å². The van der Waals surface area contributed by atoms with Crippen molar-refractivity contribution >= 4 is 22.9 Å². The second-order valence-electron chi connectivity index (χ2n) is 4.77. The summed E-state index contributed by atoms with van der Waals surface area (Å²) in [5.74, 6) is -0.614. The van der Waals surface area contributed by atoms with Crippen molar-refractivity contribution in [3.05, 3.63) is 35.7 Å². The van der Waals surface area contributed by atoms with Gasteiger partial charge in [-0.1, -0.05) is 6.08 Å². The Hall–Kier alpha value is -2.70. The number of aromatic nitrogens is 3. The van der Waals surface area contributed by atoms with Crippen molar-refractivity contribution < 1.29 is 14.3 Å². The van der Waals surface area contributed by atoms with E-state index in [-0.39, 0.29) is 5.91 Å². The van der Waals surface area contributed by atoms with Crippen LogP contribution >= 0.6 is 0 Å². The third-order valence-corrected chi connectivity index (χ3v) is 3.18. The van der Waals surface area contributed by atoms with Gasteiger partial charge in [-0.3, -0.25) is 9.48 Å². The van der Waals surface area contributed by atoms with Gasteiger partial charge in [0.1, 0.15) is 0 Å². The first-order valence-electron chi connectivity index (χ1n) is 6.85. The van der Waals surface area contributed by atoms with E-state index < -0.39 is 5.97 Å². The minimum absolute atomic E-state index is 0.205. The topological polar surface area (TPSA) is 86.1 Å². The molecule has 7 nitrogen and oxygen atoms in total. The fraction of sp³-hybridized carbons (Fsp3) is 0.333. The van der Waals surface area contributed by atoms with Crippen LogP contribution < -0.4 is 5.32 Å². The molecule has 0 aromatic carbocycles. The first kappa shape index (κ1) is 15.7. The lowest BCUT2D eigenvalue weighted by Gasteiger charge is -2.03. The summed E-state index contributed by atoms with van der Waals surface area (Å²) >= 11 is 0. The number of hydrogen-bond acceptors (Lipinski definition) is 5. The van der Waals surface area contributed by atoms with Crippen molar-refractivity contribution in [3.63, 3.8) is 0 Å². The molecule has 0 fully saturated rings. The van der Waals surface area contributed by atoms with Gasteiger partial charge in [0.2, 0.25) is 0 Å². The second-order valence-corrected chi connectivity index (χ2v) is 4.77. The number of amides is 1. The monoisotopic (exact) mass is 302 g/mol. The molecule has 2 aromatic heterocycles. The van der Waals surface area contributed by atoms with E-state index in [1.54, 1.807) is 16.8 Å². The predicted octanol–water partition coefficient (Wildman–Crippen LogP) is 1.13. The quantitative estimate of drug-likeness (QED) is 0.508.